The van der Waals surface area contributed by atoms with E-state index in [1.807, 2.05) is 18.7 Å². The molecule has 1 aliphatic rings. The van der Waals surface area contributed by atoms with Gasteiger partial charge in [0.05, 0.1) is 19.0 Å². The van der Waals surface area contributed by atoms with Crippen molar-refractivity contribution in [2.24, 2.45) is 5.73 Å². The Kier molecular flexibility index (Phi) is 7.75. The van der Waals surface area contributed by atoms with Crippen molar-refractivity contribution in [2.75, 3.05) is 50.0 Å². The largest absolute Gasteiger partial charge is 0.490 e. The molecule has 0 aliphatic carbocycles. The maximum absolute atomic E-state index is 13.0. The number of carbonyl (C=O) groups is 2. The number of nitrogens with zero attached hydrogens (tertiary/aromatic N) is 4. The fraction of sp³-hybridized carbons (Fsp3) is 0.474. The normalized spacial score (nSPS) is 13.9. The Balaban J connectivity index is 1.60. The second kappa shape index (κ2) is 10.5. The van der Waals surface area contributed by atoms with Crippen LogP contribution in [0.3, 0.4) is 0 Å². The summed E-state index contributed by atoms with van der Waals surface area (Å²) in [5, 5.41) is 9.07. The highest BCUT2D eigenvalue weighted by molar-refractivity contribution is 8.01. The van der Waals surface area contributed by atoms with Gasteiger partial charge in [-0.15, -0.1) is 10.2 Å². The Hall–Kier alpha value is -2.53. The van der Waals surface area contributed by atoms with Crippen LogP contribution in [0.2, 0.25) is 0 Å². The Morgan fingerprint density at radius 1 is 1.10 bits per heavy atom. The van der Waals surface area contributed by atoms with Gasteiger partial charge in [-0.1, -0.05) is 23.1 Å². The first-order valence-electron chi connectivity index (χ1n) is 9.70. The minimum Gasteiger partial charge on any atom is -0.490 e. The van der Waals surface area contributed by atoms with E-state index in [9.17, 15) is 9.59 Å². The molecular weight excluding hydrogens is 426 g/mol. The zero-order chi connectivity index (χ0) is 21.5. The smallest absolute Gasteiger partial charge is 0.254 e. The highest BCUT2D eigenvalue weighted by Gasteiger charge is 2.25. The van der Waals surface area contributed by atoms with Gasteiger partial charge in [0.15, 0.2) is 15.8 Å². The van der Waals surface area contributed by atoms with Crippen molar-refractivity contribution >= 4 is 40.0 Å². The standard InChI is InChI=1S/C19H25N5O4S2/c1-3-27-14-6-5-13(11-15(14)28-4-2)17(26)23-7-9-24(10-8-23)18-21-22-19(30-18)29-12-16(20)25/h5-6,11H,3-4,7-10,12H2,1-2H3,(H2,20,25). The van der Waals surface area contributed by atoms with Crippen molar-refractivity contribution in [3.8, 4) is 11.5 Å². The van der Waals surface area contributed by atoms with E-state index >= 15 is 0 Å². The number of rotatable bonds is 9. The van der Waals surface area contributed by atoms with Crippen LogP contribution >= 0.6 is 23.1 Å². The third-order valence-corrected chi connectivity index (χ3v) is 6.50. The minimum absolute atomic E-state index is 0.0337. The summed E-state index contributed by atoms with van der Waals surface area (Å²) in [7, 11) is 0. The van der Waals surface area contributed by atoms with E-state index in [4.69, 9.17) is 15.2 Å². The first-order valence-corrected chi connectivity index (χ1v) is 11.5. The number of hydrogen-bond donors (Lipinski definition) is 1. The number of benzene rings is 1. The first-order chi connectivity index (χ1) is 14.5. The molecule has 30 heavy (non-hydrogen) atoms. The van der Waals surface area contributed by atoms with Crippen LogP contribution in [0.1, 0.15) is 24.2 Å². The predicted molar refractivity (Wildman–Crippen MR) is 117 cm³/mol. The number of primary amides is 1. The van der Waals surface area contributed by atoms with Gasteiger partial charge in [0.1, 0.15) is 0 Å². The number of amides is 2. The van der Waals surface area contributed by atoms with E-state index in [0.29, 0.717) is 60.8 Å². The van der Waals surface area contributed by atoms with Crippen LogP contribution < -0.4 is 20.1 Å². The topological polar surface area (TPSA) is 111 Å². The van der Waals surface area contributed by atoms with Crippen molar-refractivity contribution in [3.63, 3.8) is 0 Å². The Morgan fingerprint density at radius 3 is 2.47 bits per heavy atom. The number of ether oxygens (including phenoxy) is 2. The molecule has 2 amide bonds. The first kappa shape index (κ1) is 22.2. The average molecular weight is 452 g/mol. The Bertz CT molecular complexity index is 884. The molecule has 9 nitrogen and oxygen atoms in total. The zero-order valence-corrected chi connectivity index (χ0v) is 18.6. The van der Waals surface area contributed by atoms with E-state index in [1.54, 1.807) is 18.2 Å². The SMILES string of the molecule is CCOc1ccc(C(=O)N2CCN(c3nnc(SCC(N)=O)s3)CC2)cc1OCC. The molecule has 0 bridgehead atoms. The third-order valence-electron chi connectivity index (χ3n) is 4.36. The average Bonchev–Trinajstić information content (AvgIpc) is 3.22. The van der Waals surface area contributed by atoms with E-state index in [1.165, 1.54) is 23.1 Å². The molecule has 0 radical (unpaired) electrons. The molecule has 1 saturated heterocycles. The summed E-state index contributed by atoms with van der Waals surface area (Å²) in [6.45, 7) is 7.33. The molecule has 1 aliphatic heterocycles. The molecule has 11 heteroatoms. The fourth-order valence-corrected chi connectivity index (χ4v) is 4.62. The van der Waals surface area contributed by atoms with Gasteiger partial charge in [-0.2, -0.15) is 0 Å². The lowest BCUT2D eigenvalue weighted by Gasteiger charge is -2.34. The van der Waals surface area contributed by atoms with Crippen LogP contribution in [-0.4, -0.2) is 72.1 Å². The maximum Gasteiger partial charge on any atom is 0.254 e. The second-order valence-corrected chi connectivity index (χ2v) is 8.59. The molecule has 2 heterocycles. The van der Waals surface area contributed by atoms with Crippen molar-refractivity contribution in [1.29, 1.82) is 0 Å². The van der Waals surface area contributed by atoms with Gasteiger partial charge in [0, 0.05) is 31.7 Å². The summed E-state index contributed by atoms with van der Waals surface area (Å²) < 4.78 is 11.9. The molecule has 2 N–H and O–H groups in total. The third kappa shape index (κ3) is 5.54. The van der Waals surface area contributed by atoms with Gasteiger partial charge in [-0.25, -0.2) is 0 Å². The molecule has 1 aromatic heterocycles. The molecule has 0 atom stereocenters. The van der Waals surface area contributed by atoms with Crippen LogP contribution in [-0.2, 0) is 4.79 Å². The molecule has 162 valence electrons. The molecular formula is C19H25N5O4S2. The molecule has 0 spiro atoms. The lowest BCUT2D eigenvalue weighted by atomic mass is 10.1. The van der Waals surface area contributed by atoms with Crippen LogP contribution in [0.4, 0.5) is 5.13 Å². The highest BCUT2D eigenvalue weighted by Crippen LogP contribution is 2.30. The number of nitrogens with two attached hydrogens (primary N) is 1. The van der Waals surface area contributed by atoms with Gasteiger partial charge in [-0.05, 0) is 32.0 Å². The van der Waals surface area contributed by atoms with Gasteiger partial charge >= 0.3 is 0 Å². The minimum atomic E-state index is -0.384. The predicted octanol–water partition coefficient (Wildman–Crippen LogP) is 1.88. The van der Waals surface area contributed by atoms with E-state index in [-0.39, 0.29) is 17.6 Å². The summed E-state index contributed by atoms with van der Waals surface area (Å²) in [6, 6.07) is 5.30. The number of thioether (sulfide) groups is 1. The van der Waals surface area contributed by atoms with Crippen molar-refractivity contribution in [2.45, 2.75) is 18.2 Å². The van der Waals surface area contributed by atoms with Crippen molar-refractivity contribution in [1.82, 2.24) is 15.1 Å². The molecule has 3 rings (SSSR count). The van der Waals surface area contributed by atoms with Crippen LogP contribution in [0.5, 0.6) is 11.5 Å². The monoisotopic (exact) mass is 451 g/mol. The molecule has 0 unspecified atom stereocenters. The summed E-state index contributed by atoms with van der Waals surface area (Å²) in [5.74, 6) is 0.989. The number of piperazine rings is 1. The summed E-state index contributed by atoms with van der Waals surface area (Å²) in [6.07, 6.45) is 0. The lowest BCUT2D eigenvalue weighted by Crippen LogP contribution is -2.48. The highest BCUT2D eigenvalue weighted by atomic mass is 32.2. The summed E-state index contributed by atoms with van der Waals surface area (Å²) >= 11 is 2.71. The number of anilines is 1. The zero-order valence-electron chi connectivity index (χ0n) is 17.0. The van der Waals surface area contributed by atoms with Gasteiger partial charge < -0.3 is 25.0 Å². The lowest BCUT2D eigenvalue weighted by molar-refractivity contribution is -0.115. The van der Waals surface area contributed by atoms with Crippen LogP contribution in [0.25, 0.3) is 0 Å². The number of carbonyl (C=O) groups excluding carboxylic acids is 2. The quantitative estimate of drug-likeness (QED) is 0.575. The van der Waals surface area contributed by atoms with E-state index < -0.39 is 0 Å². The van der Waals surface area contributed by atoms with Crippen LogP contribution in [0.15, 0.2) is 22.5 Å². The van der Waals surface area contributed by atoms with Crippen LogP contribution in [0, 0.1) is 0 Å². The van der Waals surface area contributed by atoms with Crippen molar-refractivity contribution in [3.05, 3.63) is 23.8 Å². The summed E-state index contributed by atoms with van der Waals surface area (Å²) in [5.41, 5.74) is 5.74. The van der Waals surface area contributed by atoms with Gasteiger partial charge in [0.2, 0.25) is 11.0 Å². The maximum atomic E-state index is 13.0. The number of aromatic nitrogens is 2. The molecule has 0 saturated carbocycles. The summed E-state index contributed by atoms with van der Waals surface area (Å²) in [4.78, 5) is 27.8. The molecule has 1 aromatic carbocycles. The molecule has 1 fully saturated rings. The molecule has 2 aromatic rings. The Labute approximate surface area is 183 Å². The van der Waals surface area contributed by atoms with Gasteiger partial charge in [0.25, 0.3) is 5.91 Å². The Morgan fingerprint density at radius 2 is 1.80 bits per heavy atom. The van der Waals surface area contributed by atoms with Crippen molar-refractivity contribution < 1.29 is 19.1 Å². The van der Waals surface area contributed by atoms with Gasteiger partial charge in [-0.3, -0.25) is 9.59 Å². The second-order valence-electron chi connectivity index (χ2n) is 6.41. The van der Waals surface area contributed by atoms with E-state index in [2.05, 4.69) is 15.1 Å². The fourth-order valence-electron chi connectivity index (χ4n) is 2.99. The number of hydrogen-bond acceptors (Lipinski definition) is 9. The van der Waals surface area contributed by atoms with E-state index in [0.717, 1.165) is 5.13 Å².